The van der Waals surface area contributed by atoms with E-state index in [1.807, 2.05) is 62.0 Å². The summed E-state index contributed by atoms with van der Waals surface area (Å²) in [6.07, 6.45) is 3.71. The second kappa shape index (κ2) is 8.59. The summed E-state index contributed by atoms with van der Waals surface area (Å²) in [6, 6.07) is 9.85. The van der Waals surface area contributed by atoms with Crippen molar-refractivity contribution in [2.45, 2.75) is 40.4 Å². The summed E-state index contributed by atoms with van der Waals surface area (Å²) in [5.74, 6) is 0.683. The van der Waals surface area contributed by atoms with Gasteiger partial charge in [-0.15, -0.1) is 0 Å². The number of nitrogens with zero attached hydrogens (tertiary/aromatic N) is 5. The Morgan fingerprint density at radius 1 is 1.10 bits per heavy atom. The van der Waals surface area contributed by atoms with Gasteiger partial charge in [-0.05, 0) is 50.1 Å². The van der Waals surface area contributed by atoms with E-state index in [4.69, 9.17) is 4.74 Å². The standard InChI is InChI=1S/C23H26N6O2/c1-5-28-13-18(15(2)26-28)12-25-21(30)14-29-23-22(16(3)27-29)20(10-11-24-23)17-6-8-19(31-4)9-7-17/h6-11,13H,5,12,14H2,1-4H3,(H,25,30). The second-order valence-corrected chi connectivity index (χ2v) is 7.40. The van der Waals surface area contributed by atoms with Crippen molar-refractivity contribution in [2.75, 3.05) is 7.11 Å². The molecule has 3 heterocycles. The molecule has 4 rings (SSSR count). The molecule has 0 aliphatic heterocycles. The van der Waals surface area contributed by atoms with Crippen LogP contribution in [0.1, 0.15) is 23.9 Å². The van der Waals surface area contributed by atoms with Crippen LogP contribution >= 0.6 is 0 Å². The average Bonchev–Trinajstić information content (AvgIpc) is 3.31. The molecule has 0 bridgehead atoms. The highest BCUT2D eigenvalue weighted by atomic mass is 16.5. The van der Waals surface area contributed by atoms with Crippen LogP contribution < -0.4 is 10.1 Å². The summed E-state index contributed by atoms with van der Waals surface area (Å²) >= 11 is 0. The van der Waals surface area contributed by atoms with Gasteiger partial charge in [-0.2, -0.15) is 10.2 Å². The molecular weight excluding hydrogens is 392 g/mol. The number of amides is 1. The lowest BCUT2D eigenvalue weighted by Gasteiger charge is -2.07. The van der Waals surface area contributed by atoms with Crippen LogP contribution in [0, 0.1) is 13.8 Å². The van der Waals surface area contributed by atoms with E-state index in [1.165, 1.54) is 0 Å². The van der Waals surface area contributed by atoms with Crippen molar-refractivity contribution in [2.24, 2.45) is 0 Å². The normalized spacial score (nSPS) is 11.1. The number of methoxy groups -OCH3 is 1. The maximum Gasteiger partial charge on any atom is 0.242 e. The van der Waals surface area contributed by atoms with Crippen LogP contribution in [0.5, 0.6) is 5.75 Å². The van der Waals surface area contributed by atoms with Gasteiger partial charge in [-0.3, -0.25) is 9.48 Å². The number of carbonyl (C=O) groups excluding carboxylic acids is 1. The number of rotatable bonds is 7. The van der Waals surface area contributed by atoms with Gasteiger partial charge in [0, 0.05) is 36.4 Å². The summed E-state index contributed by atoms with van der Waals surface area (Å²) in [6.45, 7) is 7.26. The predicted octanol–water partition coefficient (Wildman–Crippen LogP) is 3.26. The minimum absolute atomic E-state index is 0.102. The lowest BCUT2D eigenvalue weighted by atomic mass is 10.0. The highest BCUT2D eigenvalue weighted by Gasteiger charge is 2.16. The van der Waals surface area contributed by atoms with Gasteiger partial charge in [-0.25, -0.2) is 9.67 Å². The van der Waals surface area contributed by atoms with E-state index in [-0.39, 0.29) is 12.5 Å². The predicted molar refractivity (Wildman–Crippen MR) is 119 cm³/mol. The number of aromatic nitrogens is 5. The first-order valence-electron chi connectivity index (χ1n) is 10.3. The maximum absolute atomic E-state index is 12.6. The van der Waals surface area contributed by atoms with Crippen LogP contribution in [-0.2, 0) is 24.4 Å². The number of fused-ring (bicyclic) bond motifs is 1. The highest BCUT2D eigenvalue weighted by molar-refractivity contribution is 5.95. The molecule has 0 saturated carbocycles. The maximum atomic E-state index is 12.6. The summed E-state index contributed by atoms with van der Waals surface area (Å²) < 4.78 is 8.78. The number of benzene rings is 1. The van der Waals surface area contributed by atoms with E-state index in [0.717, 1.165) is 45.8 Å². The Bertz CT molecular complexity index is 1220. The van der Waals surface area contributed by atoms with E-state index < -0.39 is 0 Å². The van der Waals surface area contributed by atoms with Gasteiger partial charge >= 0.3 is 0 Å². The van der Waals surface area contributed by atoms with Gasteiger partial charge in [0.15, 0.2) is 5.65 Å². The Labute approximate surface area is 180 Å². The molecule has 0 atom stereocenters. The SMILES string of the molecule is CCn1cc(CNC(=O)Cn2nc(C)c3c(-c4ccc(OC)cc4)ccnc32)c(C)n1. The molecule has 31 heavy (non-hydrogen) atoms. The van der Waals surface area contributed by atoms with Crippen molar-refractivity contribution < 1.29 is 9.53 Å². The van der Waals surface area contributed by atoms with Crippen molar-refractivity contribution in [3.8, 4) is 16.9 Å². The zero-order chi connectivity index (χ0) is 22.0. The van der Waals surface area contributed by atoms with Gasteiger partial charge in [0.2, 0.25) is 5.91 Å². The van der Waals surface area contributed by atoms with Crippen molar-refractivity contribution in [3.05, 3.63) is 59.7 Å². The van der Waals surface area contributed by atoms with Crippen LogP contribution in [0.3, 0.4) is 0 Å². The number of pyridine rings is 1. The van der Waals surface area contributed by atoms with Crippen LogP contribution in [0.2, 0.25) is 0 Å². The Kier molecular flexibility index (Phi) is 5.70. The fraction of sp³-hybridized carbons (Fsp3) is 0.304. The van der Waals surface area contributed by atoms with Gasteiger partial charge in [0.1, 0.15) is 12.3 Å². The summed E-state index contributed by atoms with van der Waals surface area (Å²) in [5, 5.41) is 12.9. The zero-order valence-electron chi connectivity index (χ0n) is 18.2. The third-order valence-electron chi connectivity index (χ3n) is 5.35. The first kappa shape index (κ1) is 20.6. The monoisotopic (exact) mass is 418 g/mol. The summed E-state index contributed by atoms with van der Waals surface area (Å²) in [4.78, 5) is 17.1. The Balaban J connectivity index is 1.55. The minimum Gasteiger partial charge on any atom is -0.497 e. The fourth-order valence-corrected chi connectivity index (χ4v) is 3.68. The molecule has 0 fully saturated rings. The van der Waals surface area contributed by atoms with Crippen molar-refractivity contribution in [3.63, 3.8) is 0 Å². The molecule has 0 radical (unpaired) electrons. The second-order valence-electron chi connectivity index (χ2n) is 7.40. The molecule has 3 aromatic heterocycles. The van der Waals surface area contributed by atoms with Crippen molar-refractivity contribution in [1.29, 1.82) is 0 Å². The van der Waals surface area contributed by atoms with Crippen LogP contribution in [0.15, 0.2) is 42.7 Å². The summed E-state index contributed by atoms with van der Waals surface area (Å²) in [5.41, 5.74) is 5.53. The lowest BCUT2D eigenvalue weighted by molar-refractivity contribution is -0.121. The van der Waals surface area contributed by atoms with Gasteiger partial charge < -0.3 is 10.1 Å². The number of nitrogens with one attached hydrogen (secondary N) is 1. The Hall–Kier alpha value is -3.68. The zero-order valence-corrected chi connectivity index (χ0v) is 18.2. The van der Waals surface area contributed by atoms with E-state index in [9.17, 15) is 4.79 Å². The lowest BCUT2D eigenvalue weighted by Crippen LogP contribution is -2.27. The molecule has 0 aliphatic carbocycles. The average molecular weight is 419 g/mol. The van der Waals surface area contributed by atoms with Crippen LogP contribution in [0.25, 0.3) is 22.2 Å². The van der Waals surface area contributed by atoms with Crippen LogP contribution in [-0.4, -0.2) is 37.6 Å². The van der Waals surface area contributed by atoms with Crippen molar-refractivity contribution in [1.82, 2.24) is 29.9 Å². The molecule has 0 saturated heterocycles. The largest absolute Gasteiger partial charge is 0.497 e. The third-order valence-corrected chi connectivity index (χ3v) is 5.35. The van der Waals surface area contributed by atoms with E-state index >= 15 is 0 Å². The van der Waals surface area contributed by atoms with Crippen LogP contribution in [0.4, 0.5) is 0 Å². The molecule has 8 nitrogen and oxygen atoms in total. The molecule has 0 aliphatic rings. The first-order valence-corrected chi connectivity index (χ1v) is 10.3. The molecule has 1 aromatic carbocycles. The topological polar surface area (TPSA) is 86.9 Å². The van der Waals surface area contributed by atoms with Crippen molar-refractivity contribution >= 4 is 16.9 Å². The number of hydrogen-bond donors (Lipinski definition) is 1. The number of ether oxygens (including phenoxy) is 1. The molecule has 4 aromatic rings. The molecule has 0 spiro atoms. The molecule has 0 unspecified atom stereocenters. The van der Waals surface area contributed by atoms with Gasteiger partial charge in [0.05, 0.1) is 18.5 Å². The Morgan fingerprint density at radius 2 is 1.87 bits per heavy atom. The molecule has 1 amide bonds. The highest BCUT2D eigenvalue weighted by Crippen LogP contribution is 2.30. The Morgan fingerprint density at radius 3 is 2.55 bits per heavy atom. The van der Waals surface area contributed by atoms with Gasteiger partial charge in [-0.1, -0.05) is 12.1 Å². The quantitative estimate of drug-likeness (QED) is 0.498. The molecule has 1 N–H and O–H groups in total. The van der Waals surface area contributed by atoms with Gasteiger partial charge in [0.25, 0.3) is 0 Å². The van der Waals surface area contributed by atoms with E-state index in [1.54, 1.807) is 18.0 Å². The fourth-order valence-electron chi connectivity index (χ4n) is 3.68. The molecule has 160 valence electrons. The molecular formula is C23H26N6O2. The number of hydrogen-bond acceptors (Lipinski definition) is 5. The summed E-state index contributed by atoms with van der Waals surface area (Å²) in [7, 11) is 1.65. The van der Waals surface area contributed by atoms with E-state index in [0.29, 0.717) is 12.2 Å². The smallest absolute Gasteiger partial charge is 0.242 e. The number of aryl methyl sites for hydroxylation is 3. The third kappa shape index (κ3) is 4.14. The minimum atomic E-state index is -0.121. The molecule has 8 heteroatoms. The van der Waals surface area contributed by atoms with E-state index in [2.05, 4.69) is 20.5 Å². The number of carbonyl (C=O) groups is 1. The first-order chi connectivity index (χ1) is 15.0.